The largest absolute Gasteiger partial charge is 0.455 e. The molecule has 0 aliphatic heterocycles. The van der Waals surface area contributed by atoms with Crippen LogP contribution in [0.25, 0.3) is 0 Å². The number of alkyl carbamates (subject to hydrolysis) is 1. The molecule has 5 nitrogen and oxygen atoms in total. The number of nitrogens with one attached hydrogen (secondary N) is 1. The van der Waals surface area contributed by atoms with Gasteiger partial charge < -0.3 is 14.8 Å². The summed E-state index contributed by atoms with van der Waals surface area (Å²) in [6, 6.07) is -1.15. The van der Waals surface area contributed by atoms with Crippen molar-refractivity contribution in [3.63, 3.8) is 0 Å². The van der Waals surface area contributed by atoms with Gasteiger partial charge in [0.25, 0.3) is 0 Å². The average Bonchev–Trinajstić information content (AvgIpc) is 2.23. The monoisotopic (exact) mass is 271 g/mol. The second-order valence-electron chi connectivity index (χ2n) is 4.04. The van der Waals surface area contributed by atoms with Crippen molar-refractivity contribution in [1.29, 1.82) is 0 Å². The number of carbonyl (C=O) groups excluding carboxylic acids is 2. The van der Waals surface area contributed by atoms with Gasteiger partial charge in [-0.3, -0.25) is 0 Å². The summed E-state index contributed by atoms with van der Waals surface area (Å²) in [6.07, 6.45) is -5.33. The summed E-state index contributed by atoms with van der Waals surface area (Å²) in [5.74, 6) is -1.14. The van der Waals surface area contributed by atoms with E-state index in [4.69, 9.17) is 0 Å². The molecule has 0 aliphatic rings. The maximum absolute atomic E-state index is 11.9. The zero-order valence-corrected chi connectivity index (χ0v) is 10.3. The third kappa shape index (κ3) is 7.75. The molecule has 0 bridgehead atoms. The Bertz CT molecular complexity index is 291. The van der Waals surface area contributed by atoms with Gasteiger partial charge in [-0.25, -0.2) is 9.59 Å². The Hall–Kier alpha value is -1.47. The van der Waals surface area contributed by atoms with Crippen molar-refractivity contribution >= 4 is 12.1 Å². The van der Waals surface area contributed by atoms with Crippen LogP contribution in [0.2, 0.25) is 0 Å². The number of halogens is 3. The van der Waals surface area contributed by atoms with Gasteiger partial charge in [-0.05, 0) is 12.3 Å². The van der Waals surface area contributed by atoms with Gasteiger partial charge in [-0.15, -0.1) is 0 Å². The van der Waals surface area contributed by atoms with E-state index in [-0.39, 0.29) is 12.3 Å². The fraction of sp³-hybridized carbons (Fsp3) is 0.800. The number of hydrogen-bond donors (Lipinski definition) is 1. The summed E-state index contributed by atoms with van der Waals surface area (Å²) in [5.41, 5.74) is 0. The van der Waals surface area contributed by atoms with Crippen molar-refractivity contribution in [1.82, 2.24) is 5.32 Å². The highest BCUT2D eigenvalue weighted by Crippen LogP contribution is 2.15. The molecule has 1 N–H and O–H groups in total. The molecule has 106 valence electrons. The molecule has 0 radical (unpaired) electrons. The van der Waals surface area contributed by atoms with Crippen molar-refractivity contribution in [2.24, 2.45) is 5.92 Å². The Balaban J connectivity index is 4.45. The van der Waals surface area contributed by atoms with Crippen molar-refractivity contribution in [3.05, 3.63) is 0 Å². The van der Waals surface area contributed by atoms with Gasteiger partial charge in [-0.1, -0.05) is 13.8 Å². The zero-order chi connectivity index (χ0) is 14.3. The Morgan fingerprint density at radius 3 is 2.22 bits per heavy atom. The van der Waals surface area contributed by atoms with Crippen molar-refractivity contribution in [2.75, 3.05) is 13.7 Å². The topological polar surface area (TPSA) is 64.6 Å². The van der Waals surface area contributed by atoms with Crippen molar-refractivity contribution in [3.8, 4) is 0 Å². The van der Waals surface area contributed by atoms with E-state index < -0.39 is 30.9 Å². The highest BCUT2D eigenvalue weighted by molar-refractivity contribution is 5.81. The first kappa shape index (κ1) is 16.5. The van der Waals surface area contributed by atoms with E-state index in [0.717, 1.165) is 7.11 Å². The highest BCUT2D eigenvalue weighted by atomic mass is 19.4. The summed E-state index contributed by atoms with van der Waals surface area (Å²) in [7, 11) is 1.09. The van der Waals surface area contributed by atoms with Crippen LogP contribution in [0.4, 0.5) is 18.0 Å². The molecule has 8 heteroatoms. The van der Waals surface area contributed by atoms with Gasteiger partial charge in [0.2, 0.25) is 0 Å². The summed E-state index contributed by atoms with van der Waals surface area (Å²) in [4.78, 5) is 22.3. The Morgan fingerprint density at radius 1 is 1.28 bits per heavy atom. The number of methoxy groups -OCH3 is 1. The predicted octanol–water partition coefficient (Wildman–Crippen LogP) is 1.86. The number of rotatable bonds is 5. The number of carbonyl (C=O) groups is 2. The maximum Gasteiger partial charge on any atom is 0.422 e. The number of alkyl halides is 3. The van der Waals surface area contributed by atoms with Gasteiger partial charge in [0.1, 0.15) is 6.04 Å². The average molecular weight is 271 g/mol. The zero-order valence-electron chi connectivity index (χ0n) is 10.3. The summed E-state index contributed by atoms with van der Waals surface area (Å²) in [5, 5.41) is 2.13. The van der Waals surface area contributed by atoms with E-state index in [2.05, 4.69) is 14.8 Å². The number of esters is 1. The molecule has 0 aromatic rings. The lowest BCUT2D eigenvalue weighted by atomic mass is 10.0. The summed E-state index contributed by atoms with van der Waals surface area (Å²) in [6.45, 7) is 1.83. The quantitative estimate of drug-likeness (QED) is 0.775. The first-order chi connectivity index (χ1) is 8.15. The van der Waals surface area contributed by atoms with E-state index in [1.54, 1.807) is 13.8 Å². The molecule has 1 atom stereocenters. The number of amides is 1. The molecule has 0 unspecified atom stereocenters. The molecule has 0 heterocycles. The molecule has 18 heavy (non-hydrogen) atoms. The fourth-order valence-corrected chi connectivity index (χ4v) is 1.14. The van der Waals surface area contributed by atoms with E-state index in [0.29, 0.717) is 0 Å². The van der Waals surface area contributed by atoms with Crippen LogP contribution in [0, 0.1) is 5.92 Å². The lowest BCUT2D eigenvalue weighted by Gasteiger charge is -2.19. The lowest BCUT2D eigenvalue weighted by molar-refractivity contribution is -0.187. The van der Waals surface area contributed by atoms with Crippen LogP contribution in [0.3, 0.4) is 0 Å². The number of ether oxygens (including phenoxy) is 2. The molecule has 0 saturated heterocycles. The van der Waals surface area contributed by atoms with E-state index in [9.17, 15) is 22.8 Å². The minimum absolute atomic E-state index is 0.00871. The second kappa shape index (κ2) is 7.07. The first-order valence-electron chi connectivity index (χ1n) is 5.23. The van der Waals surface area contributed by atoms with Crippen LogP contribution in [0.1, 0.15) is 20.3 Å². The highest BCUT2D eigenvalue weighted by Gasteiger charge is 2.32. The van der Waals surface area contributed by atoms with E-state index >= 15 is 0 Å². The molecule has 0 aromatic carbocycles. The van der Waals surface area contributed by atoms with Gasteiger partial charge in [0.05, 0.1) is 7.11 Å². The van der Waals surface area contributed by atoms with Gasteiger partial charge in [0, 0.05) is 0 Å². The minimum atomic E-state index is -4.59. The van der Waals surface area contributed by atoms with Crippen LogP contribution in [-0.4, -0.2) is 38.0 Å². The van der Waals surface area contributed by atoms with Crippen LogP contribution in [-0.2, 0) is 14.3 Å². The smallest absolute Gasteiger partial charge is 0.422 e. The van der Waals surface area contributed by atoms with Crippen molar-refractivity contribution in [2.45, 2.75) is 32.5 Å². The fourth-order valence-electron chi connectivity index (χ4n) is 1.14. The van der Waals surface area contributed by atoms with Crippen LogP contribution < -0.4 is 5.32 Å². The molecule has 0 aliphatic carbocycles. The molecule has 0 rings (SSSR count). The van der Waals surface area contributed by atoms with Gasteiger partial charge in [0.15, 0.2) is 6.61 Å². The van der Waals surface area contributed by atoms with Crippen LogP contribution in [0.5, 0.6) is 0 Å². The summed E-state index contributed by atoms with van der Waals surface area (Å²) >= 11 is 0. The first-order valence-corrected chi connectivity index (χ1v) is 5.23. The molecule has 0 fully saturated rings. The number of hydrogen-bond acceptors (Lipinski definition) is 4. The summed E-state index contributed by atoms with van der Waals surface area (Å²) < 4.78 is 44.0. The standard InChI is InChI=1S/C10H16F3NO4/c1-6(2)4-7(14-9(16)17-3)8(15)18-5-10(11,12)13/h6-7H,4-5H2,1-3H3,(H,14,16)/t7-/m0/s1. The van der Waals surface area contributed by atoms with E-state index in [1.807, 2.05) is 0 Å². The minimum Gasteiger partial charge on any atom is -0.455 e. The van der Waals surface area contributed by atoms with Gasteiger partial charge in [-0.2, -0.15) is 13.2 Å². The molecular weight excluding hydrogens is 255 g/mol. The molecule has 1 amide bonds. The molecule has 0 saturated carbocycles. The third-order valence-corrected chi connectivity index (χ3v) is 1.85. The molecule has 0 aromatic heterocycles. The third-order valence-electron chi connectivity index (χ3n) is 1.85. The normalized spacial score (nSPS) is 13.1. The Labute approximate surface area is 103 Å². The maximum atomic E-state index is 11.9. The van der Waals surface area contributed by atoms with Gasteiger partial charge >= 0.3 is 18.2 Å². The molecule has 0 spiro atoms. The predicted molar refractivity (Wildman–Crippen MR) is 55.8 cm³/mol. The Morgan fingerprint density at radius 2 is 1.83 bits per heavy atom. The SMILES string of the molecule is COC(=O)N[C@@H](CC(C)C)C(=O)OCC(F)(F)F. The lowest BCUT2D eigenvalue weighted by Crippen LogP contribution is -2.43. The second-order valence-corrected chi connectivity index (χ2v) is 4.04. The van der Waals surface area contributed by atoms with Crippen LogP contribution >= 0.6 is 0 Å². The van der Waals surface area contributed by atoms with Crippen molar-refractivity contribution < 1.29 is 32.2 Å². The van der Waals surface area contributed by atoms with E-state index in [1.165, 1.54) is 0 Å². The Kier molecular flexibility index (Phi) is 6.50. The van der Waals surface area contributed by atoms with Crippen LogP contribution in [0.15, 0.2) is 0 Å². The molecular formula is C10H16F3NO4.